The maximum Gasteiger partial charge on any atom is 0.341 e. The lowest BCUT2D eigenvalue weighted by Gasteiger charge is -2.07. The number of fused-ring (bicyclic) bond motifs is 1. The molecule has 1 N–H and O–H groups in total. The van der Waals surface area contributed by atoms with Crippen molar-refractivity contribution >= 4 is 62.7 Å². The Labute approximate surface area is 185 Å². The molecule has 0 spiro atoms. The van der Waals surface area contributed by atoms with Crippen molar-refractivity contribution in [2.24, 2.45) is 0 Å². The zero-order valence-electron chi connectivity index (χ0n) is 15.7. The quantitative estimate of drug-likeness (QED) is 0.293. The molecule has 0 saturated carbocycles. The Bertz CT molecular complexity index is 1180. The third kappa shape index (κ3) is 4.35. The zero-order chi connectivity index (χ0) is 21.1. The Morgan fingerprint density at radius 3 is 2.70 bits per heavy atom. The Hall–Kier alpha value is -2.81. The highest BCUT2D eigenvalue weighted by atomic mass is 35.5. The Kier molecular flexibility index (Phi) is 6.08. The number of esters is 1. The third-order valence-electron chi connectivity index (χ3n) is 4.19. The summed E-state index contributed by atoms with van der Waals surface area (Å²) in [6.07, 6.45) is 0. The molecule has 2 aromatic heterocycles. The molecule has 0 bridgehead atoms. The maximum absolute atomic E-state index is 12.5. The van der Waals surface area contributed by atoms with Crippen molar-refractivity contribution in [3.8, 4) is 11.1 Å². The van der Waals surface area contributed by atoms with Gasteiger partial charge in [0.05, 0.1) is 12.9 Å². The van der Waals surface area contributed by atoms with Crippen molar-refractivity contribution in [2.75, 3.05) is 18.2 Å². The van der Waals surface area contributed by atoms with Gasteiger partial charge < -0.3 is 14.5 Å². The molecule has 0 unspecified atom stereocenters. The van der Waals surface area contributed by atoms with Gasteiger partial charge in [0, 0.05) is 16.0 Å². The van der Waals surface area contributed by atoms with Crippen LogP contribution in [-0.2, 0) is 9.53 Å². The first kappa shape index (κ1) is 20.5. The molecule has 152 valence electrons. The summed E-state index contributed by atoms with van der Waals surface area (Å²) in [6.45, 7) is 0. The van der Waals surface area contributed by atoms with Crippen molar-refractivity contribution < 1.29 is 18.7 Å². The minimum absolute atomic E-state index is 0.0849. The normalized spacial score (nSPS) is 10.9. The van der Waals surface area contributed by atoms with E-state index in [0.29, 0.717) is 32.0 Å². The lowest BCUT2D eigenvalue weighted by molar-refractivity contribution is -0.113. The van der Waals surface area contributed by atoms with Gasteiger partial charge in [0.25, 0.3) is 5.22 Å². The number of carbonyl (C=O) groups is 2. The number of hydrogen-bond acceptors (Lipinski definition) is 7. The standard InChI is InChI=1S/C21H15ClN2O4S2/c1-27-20(26)18-14(12-6-8-13(22)9-7-12)10-29-19(18)24-17(25)11-30-21-23-15-4-2-3-5-16(15)28-21/h2-10H,11H2,1H3,(H,24,25). The Morgan fingerprint density at radius 1 is 1.20 bits per heavy atom. The van der Waals surface area contributed by atoms with Crippen LogP contribution in [0.15, 0.2) is 63.6 Å². The smallest absolute Gasteiger partial charge is 0.341 e. The maximum atomic E-state index is 12.5. The molecule has 0 atom stereocenters. The van der Waals surface area contributed by atoms with Gasteiger partial charge in [0.2, 0.25) is 5.91 Å². The van der Waals surface area contributed by atoms with Crippen LogP contribution in [-0.4, -0.2) is 29.7 Å². The molecule has 0 radical (unpaired) electrons. The van der Waals surface area contributed by atoms with E-state index in [-0.39, 0.29) is 11.7 Å². The van der Waals surface area contributed by atoms with Crippen molar-refractivity contribution in [3.63, 3.8) is 0 Å². The minimum atomic E-state index is -0.525. The molecular formula is C21H15ClN2O4S2. The molecular weight excluding hydrogens is 444 g/mol. The summed E-state index contributed by atoms with van der Waals surface area (Å²) in [5, 5.41) is 6.03. The fourth-order valence-corrected chi connectivity index (χ4v) is 4.54. The number of ether oxygens (including phenoxy) is 1. The number of rotatable bonds is 6. The van der Waals surface area contributed by atoms with Crippen LogP contribution < -0.4 is 5.32 Å². The molecule has 0 fully saturated rings. The molecule has 2 aromatic carbocycles. The topological polar surface area (TPSA) is 81.4 Å². The average Bonchev–Trinajstić information content (AvgIpc) is 3.36. The van der Waals surface area contributed by atoms with Crippen LogP contribution in [0.25, 0.3) is 22.2 Å². The fourth-order valence-electron chi connectivity index (χ4n) is 2.80. The molecule has 6 nitrogen and oxygen atoms in total. The van der Waals surface area contributed by atoms with Crippen LogP contribution in [0.1, 0.15) is 10.4 Å². The number of halogens is 1. The van der Waals surface area contributed by atoms with E-state index in [1.807, 2.05) is 36.4 Å². The first-order chi connectivity index (χ1) is 14.5. The molecule has 4 rings (SSSR count). The fraction of sp³-hybridized carbons (Fsp3) is 0.0952. The summed E-state index contributed by atoms with van der Waals surface area (Å²) in [5.41, 5.74) is 3.19. The molecule has 0 aliphatic heterocycles. The Morgan fingerprint density at radius 2 is 1.97 bits per heavy atom. The molecule has 0 aliphatic rings. The van der Waals surface area contributed by atoms with E-state index < -0.39 is 5.97 Å². The highest BCUT2D eigenvalue weighted by molar-refractivity contribution is 7.99. The monoisotopic (exact) mass is 458 g/mol. The van der Waals surface area contributed by atoms with E-state index in [9.17, 15) is 9.59 Å². The number of para-hydroxylation sites is 2. The number of nitrogens with one attached hydrogen (secondary N) is 1. The third-order valence-corrected chi connectivity index (χ3v) is 6.17. The van der Waals surface area contributed by atoms with Crippen LogP contribution in [0.4, 0.5) is 5.00 Å². The first-order valence-electron chi connectivity index (χ1n) is 8.79. The number of nitrogens with zero attached hydrogens (tertiary/aromatic N) is 1. The highest BCUT2D eigenvalue weighted by Gasteiger charge is 2.22. The number of thioether (sulfide) groups is 1. The minimum Gasteiger partial charge on any atom is -0.465 e. The van der Waals surface area contributed by atoms with E-state index in [2.05, 4.69) is 10.3 Å². The van der Waals surface area contributed by atoms with Gasteiger partial charge in [-0.25, -0.2) is 9.78 Å². The van der Waals surface area contributed by atoms with Crippen molar-refractivity contribution in [2.45, 2.75) is 5.22 Å². The van der Waals surface area contributed by atoms with E-state index in [4.69, 9.17) is 20.8 Å². The van der Waals surface area contributed by atoms with Gasteiger partial charge in [-0.3, -0.25) is 4.79 Å². The number of aromatic nitrogens is 1. The number of oxazole rings is 1. The molecule has 0 saturated heterocycles. The molecule has 0 aliphatic carbocycles. The predicted octanol–water partition coefficient (Wildman–Crippen LogP) is 5.73. The molecule has 9 heteroatoms. The first-order valence-corrected chi connectivity index (χ1v) is 11.0. The second kappa shape index (κ2) is 8.91. The molecule has 30 heavy (non-hydrogen) atoms. The van der Waals surface area contributed by atoms with Crippen molar-refractivity contribution in [1.82, 2.24) is 4.98 Å². The number of hydrogen-bond donors (Lipinski definition) is 1. The van der Waals surface area contributed by atoms with Gasteiger partial charge in [0.15, 0.2) is 5.58 Å². The van der Waals surface area contributed by atoms with Crippen LogP contribution in [0.5, 0.6) is 0 Å². The molecule has 4 aromatic rings. The summed E-state index contributed by atoms with van der Waals surface area (Å²) < 4.78 is 10.5. The number of anilines is 1. The van der Waals surface area contributed by atoms with E-state index in [1.165, 1.54) is 30.2 Å². The van der Waals surface area contributed by atoms with Crippen LogP contribution in [0.3, 0.4) is 0 Å². The SMILES string of the molecule is COC(=O)c1c(-c2ccc(Cl)cc2)csc1NC(=O)CSc1nc2ccccc2o1. The van der Waals surface area contributed by atoms with Gasteiger partial charge in [0.1, 0.15) is 16.1 Å². The van der Waals surface area contributed by atoms with Gasteiger partial charge in [-0.2, -0.15) is 0 Å². The molecule has 2 heterocycles. The van der Waals surface area contributed by atoms with Gasteiger partial charge >= 0.3 is 5.97 Å². The largest absolute Gasteiger partial charge is 0.465 e. The van der Waals surface area contributed by atoms with Gasteiger partial charge in [-0.1, -0.05) is 47.6 Å². The summed E-state index contributed by atoms with van der Waals surface area (Å²) in [5.74, 6) is -0.721. The second-order valence-electron chi connectivity index (χ2n) is 6.14. The summed E-state index contributed by atoms with van der Waals surface area (Å²) in [4.78, 5) is 29.2. The van der Waals surface area contributed by atoms with Crippen LogP contribution >= 0.6 is 34.7 Å². The number of benzene rings is 2. The van der Waals surface area contributed by atoms with Gasteiger partial charge in [-0.05, 0) is 29.8 Å². The summed E-state index contributed by atoms with van der Waals surface area (Å²) in [6, 6.07) is 14.5. The molecule has 1 amide bonds. The van der Waals surface area contributed by atoms with E-state index in [1.54, 1.807) is 17.5 Å². The Balaban J connectivity index is 1.51. The number of thiophene rings is 1. The van der Waals surface area contributed by atoms with Crippen LogP contribution in [0, 0.1) is 0 Å². The van der Waals surface area contributed by atoms with Crippen molar-refractivity contribution in [3.05, 3.63) is 64.5 Å². The highest BCUT2D eigenvalue weighted by Crippen LogP contribution is 2.36. The van der Waals surface area contributed by atoms with Crippen molar-refractivity contribution in [1.29, 1.82) is 0 Å². The predicted molar refractivity (Wildman–Crippen MR) is 119 cm³/mol. The number of amides is 1. The summed E-state index contributed by atoms with van der Waals surface area (Å²) >= 11 is 8.39. The van der Waals surface area contributed by atoms with E-state index >= 15 is 0 Å². The van der Waals surface area contributed by atoms with Gasteiger partial charge in [-0.15, -0.1) is 11.3 Å². The lowest BCUT2D eigenvalue weighted by Crippen LogP contribution is -2.16. The number of carbonyl (C=O) groups excluding carboxylic acids is 2. The zero-order valence-corrected chi connectivity index (χ0v) is 18.1. The summed E-state index contributed by atoms with van der Waals surface area (Å²) in [7, 11) is 1.31. The average molecular weight is 459 g/mol. The number of methoxy groups -OCH3 is 1. The lowest BCUT2D eigenvalue weighted by atomic mass is 10.0. The van der Waals surface area contributed by atoms with E-state index in [0.717, 1.165) is 11.1 Å². The second-order valence-corrected chi connectivity index (χ2v) is 8.38. The van der Waals surface area contributed by atoms with Crippen LogP contribution in [0.2, 0.25) is 5.02 Å².